The minimum absolute atomic E-state index is 0.0450. The van der Waals surface area contributed by atoms with Crippen LogP contribution in [0.2, 0.25) is 0 Å². The molecule has 0 unspecified atom stereocenters. The molecule has 0 amide bonds. The Morgan fingerprint density at radius 1 is 0.692 bits per heavy atom. The van der Waals surface area contributed by atoms with E-state index < -0.39 is 0 Å². The maximum atomic E-state index is 13.0. The van der Waals surface area contributed by atoms with Gasteiger partial charge in [0.15, 0.2) is 5.78 Å². The van der Waals surface area contributed by atoms with Crippen LogP contribution < -0.4 is 0 Å². The molecule has 0 bridgehead atoms. The fraction of sp³-hybridized carbons (Fsp3) is 0. The van der Waals surface area contributed by atoms with Crippen LogP contribution >= 0.6 is 0 Å². The smallest absolute Gasteiger partial charge is 0.204 e. The number of rotatable bonds is 2. The van der Waals surface area contributed by atoms with Crippen molar-refractivity contribution in [2.75, 3.05) is 0 Å². The standard InChI is InChI=1S/C23H13NO2/c24-14-20(22(25)15-8-2-1-3-9-15)21-16-10-4-6-12-18(16)23(26)19-13-7-5-11-17(19)21/h1-13H. The molecule has 1 aliphatic carbocycles. The van der Waals surface area contributed by atoms with Crippen molar-refractivity contribution in [1.29, 1.82) is 5.26 Å². The fourth-order valence-electron chi connectivity index (χ4n) is 3.31. The number of benzene rings is 3. The fourth-order valence-corrected chi connectivity index (χ4v) is 3.31. The average Bonchev–Trinajstić information content (AvgIpc) is 2.71. The average molecular weight is 335 g/mol. The second kappa shape index (κ2) is 6.27. The Balaban J connectivity index is 2.06. The molecule has 1 aliphatic rings. The van der Waals surface area contributed by atoms with Gasteiger partial charge in [-0.05, 0) is 11.1 Å². The van der Waals surface area contributed by atoms with Crippen molar-refractivity contribution >= 4 is 17.1 Å². The summed E-state index contributed by atoms with van der Waals surface area (Å²) in [6.07, 6.45) is 0. The van der Waals surface area contributed by atoms with Crippen LogP contribution in [0.1, 0.15) is 37.4 Å². The number of ketones is 2. The summed E-state index contributed by atoms with van der Waals surface area (Å²) in [7, 11) is 0. The summed E-state index contributed by atoms with van der Waals surface area (Å²) in [6, 6.07) is 25.0. The molecule has 0 radical (unpaired) electrons. The summed E-state index contributed by atoms with van der Waals surface area (Å²) in [4.78, 5) is 25.8. The maximum absolute atomic E-state index is 13.0. The number of nitriles is 1. The van der Waals surface area contributed by atoms with E-state index in [-0.39, 0.29) is 17.1 Å². The first-order chi connectivity index (χ1) is 12.7. The number of hydrogen-bond donors (Lipinski definition) is 0. The predicted molar refractivity (Wildman–Crippen MR) is 98.7 cm³/mol. The van der Waals surface area contributed by atoms with Crippen molar-refractivity contribution in [3.05, 3.63) is 112 Å². The Morgan fingerprint density at radius 2 is 1.15 bits per heavy atom. The van der Waals surface area contributed by atoms with Gasteiger partial charge in [-0.15, -0.1) is 0 Å². The van der Waals surface area contributed by atoms with Crippen LogP contribution in [0.25, 0.3) is 5.57 Å². The minimum atomic E-state index is -0.345. The lowest BCUT2D eigenvalue weighted by molar-refractivity contribution is 0.102. The number of fused-ring (bicyclic) bond motifs is 2. The molecule has 3 aromatic carbocycles. The van der Waals surface area contributed by atoms with Crippen LogP contribution in [0, 0.1) is 11.3 Å². The molecule has 0 fully saturated rings. The zero-order chi connectivity index (χ0) is 18.1. The lowest BCUT2D eigenvalue weighted by Crippen LogP contribution is -2.17. The Labute approximate surface area is 150 Å². The number of hydrogen-bond acceptors (Lipinski definition) is 3. The van der Waals surface area contributed by atoms with Gasteiger partial charge in [0.2, 0.25) is 5.78 Å². The molecule has 0 atom stereocenters. The van der Waals surface area contributed by atoms with Gasteiger partial charge in [-0.2, -0.15) is 5.26 Å². The highest BCUT2D eigenvalue weighted by Gasteiger charge is 2.30. The lowest BCUT2D eigenvalue weighted by Gasteiger charge is -2.22. The molecule has 3 aromatic rings. The quantitative estimate of drug-likeness (QED) is 0.309. The number of carbonyl (C=O) groups is 2. The predicted octanol–water partition coefficient (Wildman–Crippen LogP) is 4.44. The molecule has 3 heteroatoms. The number of Topliss-reactive ketones (excluding diaryl/α,β-unsaturated/α-hetero) is 1. The van der Waals surface area contributed by atoms with E-state index >= 15 is 0 Å². The summed E-state index contributed by atoms with van der Waals surface area (Å²) in [5.74, 6) is -0.438. The van der Waals surface area contributed by atoms with Gasteiger partial charge in [-0.3, -0.25) is 9.59 Å². The van der Waals surface area contributed by atoms with Crippen molar-refractivity contribution in [3.8, 4) is 6.07 Å². The van der Waals surface area contributed by atoms with Gasteiger partial charge in [0, 0.05) is 22.3 Å². The summed E-state index contributed by atoms with van der Waals surface area (Å²) >= 11 is 0. The summed E-state index contributed by atoms with van der Waals surface area (Å²) in [5.41, 5.74) is 3.28. The van der Waals surface area contributed by atoms with E-state index in [2.05, 4.69) is 6.07 Å². The monoisotopic (exact) mass is 335 g/mol. The van der Waals surface area contributed by atoms with E-state index in [1.807, 2.05) is 18.2 Å². The van der Waals surface area contributed by atoms with Crippen molar-refractivity contribution in [3.63, 3.8) is 0 Å². The third-order valence-electron chi connectivity index (χ3n) is 4.51. The van der Waals surface area contributed by atoms with Crippen LogP contribution in [0.4, 0.5) is 0 Å². The molecule has 0 saturated heterocycles. The van der Waals surface area contributed by atoms with Crippen LogP contribution in [0.3, 0.4) is 0 Å². The SMILES string of the molecule is N#CC(C(=O)c1ccccc1)=C1c2ccccc2C(=O)c2ccccc21. The van der Waals surface area contributed by atoms with E-state index in [9.17, 15) is 14.9 Å². The highest BCUT2D eigenvalue weighted by atomic mass is 16.1. The van der Waals surface area contributed by atoms with E-state index in [1.165, 1.54) is 0 Å². The van der Waals surface area contributed by atoms with Gasteiger partial charge < -0.3 is 0 Å². The summed E-state index contributed by atoms with van der Waals surface area (Å²) in [5, 5.41) is 9.81. The first kappa shape index (κ1) is 15.7. The van der Waals surface area contributed by atoms with Gasteiger partial charge in [0.05, 0.1) is 0 Å². The molecule has 0 heterocycles. The lowest BCUT2D eigenvalue weighted by atomic mass is 9.78. The Morgan fingerprint density at radius 3 is 1.65 bits per heavy atom. The Hall–Kier alpha value is -3.77. The van der Waals surface area contributed by atoms with Gasteiger partial charge in [0.25, 0.3) is 0 Å². The van der Waals surface area contributed by atoms with E-state index in [1.54, 1.807) is 60.7 Å². The number of allylic oxidation sites excluding steroid dienone is 1. The van der Waals surface area contributed by atoms with E-state index in [4.69, 9.17) is 0 Å². The van der Waals surface area contributed by atoms with Crippen molar-refractivity contribution in [2.45, 2.75) is 0 Å². The minimum Gasteiger partial charge on any atom is -0.289 e. The second-order valence-corrected chi connectivity index (χ2v) is 5.98. The maximum Gasteiger partial charge on any atom is 0.204 e. The Kier molecular flexibility index (Phi) is 3.79. The molecule has 0 spiro atoms. The van der Waals surface area contributed by atoms with E-state index in [0.717, 1.165) is 0 Å². The van der Waals surface area contributed by atoms with Crippen molar-refractivity contribution < 1.29 is 9.59 Å². The third-order valence-corrected chi connectivity index (χ3v) is 4.51. The molecular formula is C23H13NO2. The molecule has 0 aliphatic heterocycles. The third kappa shape index (κ3) is 2.37. The molecule has 0 N–H and O–H groups in total. The van der Waals surface area contributed by atoms with Gasteiger partial charge in [-0.1, -0.05) is 78.9 Å². The van der Waals surface area contributed by atoms with Crippen molar-refractivity contribution in [2.24, 2.45) is 0 Å². The summed E-state index contributed by atoms with van der Waals surface area (Å²) in [6.45, 7) is 0. The second-order valence-electron chi connectivity index (χ2n) is 5.98. The van der Waals surface area contributed by atoms with Crippen LogP contribution in [0.15, 0.2) is 84.4 Å². The van der Waals surface area contributed by atoms with Crippen LogP contribution in [-0.2, 0) is 0 Å². The zero-order valence-corrected chi connectivity index (χ0v) is 13.8. The van der Waals surface area contributed by atoms with Crippen LogP contribution in [-0.4, -0.2) is 11.6 Å². The number of nitrogens with zero attached hydrogens (tertiary/aromatic N) is 1. The normalized spacial score (nSPS) is 12.0. The highest BCUT2D eigenvalue weighted by Crippen LogP contribution is 2.38. The summed E-state index contributed by atoms with van der Waals surface area (Å²) < 4.78 is 0. The highest BCUT2D eigenvalue weighted by molar-refractivity contribution is 6.24. The molecule has 4 rings (SSSR count). The molecule has 0 aromatic heterocycles. The molecule has 26 heavy (non-hydrogen) atoms. The Bertz CT molecular complexity index is 1070. The molecule has 0 saturated carbocycles. The first-order valence-corrected chi connectivity index (χ1v) is 8.20. The van der Waals surface area contributed by atoms with Gasteiger partial charge in [-0.25, -0.2) is 0 Å². The molecule has 122 valence electrons. The van der Waals surface area contributed by atoms with Gasteiger partial charge >= 0.3 is 0 Å². The van der Waals surface area contributed by atoms with Crippen LogP contribution in [0.5, 0.6) is 0 Å². The largest absolute Gasteiger partial charge is 0.289 e. The molecule has 3 nitrogen and oxygen atoms in total. The van der Waals surface area contributed by atoms with E-state index in [0.29, 0.717) is 33.4 Å². The molecular weight excluding hydrogens is 322 g/mol. The number of carbonyl (C=O) groups excluding carboxylic acids is 2. The zero-order valence-electron chi connectivity index (χ0n) is 13.8. The first-order valence-electron chi connectivity index (χ1n) is 8.20. The van der Waals surface area contributed by atoms with Crippen molar-refractivity contribution in [1.82, 2.24) is 0 Å². The van der Waals surface area contributed by atoms with Gasteiger partial charge in [0.1, 0.15) is 11.6 Å². The topological polar surface area (TPSA) is 57.9 Å².